The van der Waals surface area contributed by atoms with Crippen molar-refractivity contribution in [3.8, 4) is 16.9 Å². The molecule has 0 aliphatic heterocycles. The molecule has 4 nitrogen and oxygen atoms in total. The summed E-state index contributed by atoms with van der Waals surface area (Å²) in [6.07, 6.45) is 4.08. The van der Waals surface area contributed by atoms with E-state index < -0.39 is 0 Å². The second-order valence-corrected chi connectivity index (χ2v) is 8.47. The van der Waals surface area contributed by atoms with E-state index in [4.69, 9.17) is 9.47 Å². The molecule has 0 unspecified atom stereocenters. The van der Waals surface area contributed by atoms with Gasteiger partial charge in [0.1, 0.15) is 12.4 Å². The molecular weight excluding hydrogens is 418 g/mol. The van der Waals surface area contributed by atoms with Crippen molar-refractivity contribution in [1.29, 1.82) is 0 Å². The zero-order valence-electron chi connectivity index (χ0n) is 18.2. The highest BCUT2D eigenvalue weighted by Gasteiger charge is 2.05. The predicted molar refractivity (Wildman–Crippen MR) is 129 cm³/mol. The second kappa shape index (κ2) is 10.8. The third-order valence-electron chi connectivity index (χ3n) is 5.46. The number of rotatable bonds is 10. The molecule has 0 saturated heterocycles. The highest BCUT2D eigenvalue weighted by atomic mass is 32.1. The van der Waals surface area contributed by atoms with Crippen molar-refractivity contribution in [2.45, 2.75) is 32.4 Å². The molecule has 164 valence electrons. The van der Waals surface area contributed by atoms with Gasteiger partial charge in [0, 0.05) is 19.2 Å². The van der Waals surface area contributed by atoms with Crippen molar-refractivity contribution >= 4 is 17.3 Å². The Hall–Kier alpha value is -3.31. The fourth-order valence-corrected chi connectivity index (χ4v) is 4.30. The monoisotopic (exact) mass is 445 g/mol. The number of benzene rings is 2. The van der Waals surface area contributed by atoms with Gasteiger partial charge in [0.05, 0.1) is 12.8 Å². The van der Waals surface area contributed by atoms with Gasteiger partial charge in [0.15, 0.2) is 0 Å². The average molecular weight is 446 g/mol. The fourth-order valence-electron chi connectivity index (χ4n) is 3.63. The van der Waals surface area contributed by atoms with Crippen LogP contribution in [-0.2, 0) is 29.1 Å². The summed E-state index contributed by atoms with van der Waals surface area (Å²) < 4.78 is 12.8. The van der Waals surface area contributed by atoms with Gasteiger partial charge in [0.25, 0.3) is 0 Å². The lowest BCUT2D eigenvalue weighted by molar-refractivity contribution is -0.140. The van der Waals surface area contributed by atoms with Gasteiger partial charge >= 0.3 is 5.97 Å². The summed E-state index contributed by atoms with van der Waals surface area (Å²) in [6, 6.07) is 23.3. The third-order valence-corrected chi connectivity index (χ3v) is 6.14. The molecule has 5 heteroatoms. The Morgan fingerprint density at radius 1 is 0.938 bits per heavy atom. The molecule has 0 aliphatic rings. The van der Waals surface area contributed by atoms with Gasteiger partial charge in [0.2, 0.25) is 0 Å². The van der Waals surface area contributed by atoms with E-state index in [0.717, 1.165) is 30.8 Å². The van der Waals surface area contributed by atoms with Crippen molar-refractivity contribution in [3.05, 3.63) is 101 Å². The number of methoxy groups -OCH3 is 1. The average Bonchev–Trinajstić information content (AvgIpc) is 3.51. The number of thiophene rings is 1. The molecule has 32 heavy (non-hydrogen) atoms. The van der Waals surface area contributed by atoms with Gasteiger partial charge in [-0.3, -0.25) is 4.79 Å². The minimum Gasteiger partial charge on any atom is -0.487 e. The topological polar surface area (TPSA) is 40.5 Å². The third kappa shape index (κ3) is 5.89. The highest BCUT2D eigenvalue weighted by Crippen LogP contribution is 2.23. The standard InChI is InChI=1S/C27H27NO3S/c1-30-27(29)5-3-16-28-15-2-4-25(28)19-31-26-12-8-22(9-13-26)18-21-6-10-23(11-7-21)24-14-17-32-20-24/h2,4,6-15,17,20H,3,5,16,18-19H2,1H3. The lowest BCUT2D eigenvalue weighted by Gasteiger charge is -2.11. The van der Waals surface area contributed by atoms with E-state index in [2.05, 4.69) is 57.8 Å². The minimum absolute atomic E-state index is 0.173. The Morgan fingerprint density at radius 2 is 1.69 bits per heavy atom. The Bertz CT molecular complexity index is 1110. The smallest absolute Gasteiger partial charge is 0.305 e. The van der Waals surface area contributed by atoms with Gasteiger partial charge in [-0.1, -0.05) is 36.4 Å². The maximum Gasteiger partial charge on any atom is 0.305 e. The molecule has 4 rings (SSSR count). The van der Waals surface area contributed by atoms with Crippen molar-refractivity contribution < 1.29 is 14.3 Å². The van der Waals surface area contributed by atoms with Crippen molar-refractivity contribution in [2.24, 2.45) is 0 Å². The van der Waals surface area contributed by atoms with E-state index in [-0.39, 0.29) is 5.97 Å². The van der Waals surface area contributed by atoms with E-state index in [9.17, 15) is 4.79 Å². The molecule has 2 aromatic carbocycles. The van der Waals surface area contributed by atoms with E-state index in [1.165, 1.54) is 29.4 Å². The molecule has 0 radical (unpaired) electrons. The molecule has 0 fully saturated rings. The first-order valence-electron chi connectivity index (χ1n) is 10.8. The first kappa shape index (κ1) is 21.9. The second-order valence-electron chi connectivity index (χ2n) is 7.69. The molecule has 0 aliphatic carbocycles. The number of hydrogen-bond acceptors (Lipinski definition) is 4. The number of carbonyl (C=O) groups is 1. The van der Waals surface area contributed by atoms with Crippen LogP contribution in [0.4, 0.5) is 0 Å². The molecule has 0 N–H and O–H groups in total. The van der Waals surface area contributed by atoms with Crippen molar-refractivity contribution in [1.82, 2.24) is 4.57 Å². The van der Waals surface area contributed by atoms with Gasteiger partial charge in [-0.2, -0.15) is 11.3 Å². The predicted octanol–water partition coefficient (Wildman–Crippen LogP) is 6.34. The molecule has 0 amide bonds. The molecular formula is C27H27NO3S. The van der Waals surface area contributed by atoms with Crippen LogP contribution in [0.15, 0.2) is 83.7 Å². The maximum absolute atomic E-state index is 11.3. The van der Waals surface area contributed by atoms with Crippen molar-refractivity contribution in [3.63, 3.8) is 0 Å². The molecule has 0 spiro atoms. The summed E-state index contributed by atoms with van der Waals surface area (Å²) in [7, 11) is 1.42. The first-order valence-corrected chi connectivity index (χ1v) is 11.7. The van der Waals surface area contributed by atoms with Crippen LogP contribution in [-0.4, -0.2) is 17.6 Å². The van der Waals surface area contributed by atoms with Crippen LogP contribution >= 0.6 is 11.3 Å². The number of esters is 1. The number of ether oxygens (including phenoxy) is 2. The summed E-state index contributed by atoms with van der Waals surface area (Å²) in [6.45, 7) is 1.26. The summed E-state index contributed by atoms with van der Waals surface area (Å²) >= 11 is 1.72. The van der Waals surface area contributed by atoms with Crippen LogP contribution in [0.3, 0.4) is 0 Å². The molecule has 0 bridgehead atoms. The van der Waals surface area contributed by atoms with E-state index in [1.54, 1.807) is 11.3 Å². The number of carbonyl (C=O) groups excluding carboxylic acids is 1. The zero-order chi connectivity index (χ0) is 22.2. The Morgan fingerprint density at radius 3 is 2.38 bits per heavy atom. The Labute approximate surface area is 193 Å². The summed E-state index contributed by atoms with van der Waals surface area (Å²) in [4.78, 5) is 11.3. The number of hydrogen-bond donors (Lipinski definition) is 0. The highest BCUT2D eigenvalue weighted by molar-refractivity contribution is 7.08. The quantitative estimate of drug-likeness (QED) is 0.267. The minimum atomic E-state index is -0.173. The van der Waals surface area contributed by atoms with Gasteiger partial charge in [-0.15, -0.1) is 0 Å². The maximum atomic E-state index is 11.3. The van der Waals surface area contributed by atoms with Gasteiger partial charge in [-0.25, -0.2) is 0 Å². The fraction of sp³-hybridized carbons (Fsp3) is 0.222. The van der Waals surface area contributed by atoms with Crippen molar-refractivity contribution in [2.75, 3.05) is 7.11 Å². The van der Waals surface area contributed by atoms with E-state index in [0.29, 0.717) is 13.0 Å². The van der Waals surface area contributed by atoms with E-state index >= 15 is 0 Å². The van der Waals surface area contributed by atoms with Crippen LogP contribution in [0, 0.1) is 0 Å². The largest absolute Gasteiger partial charge is 0.487 e. The Balaban J connectivity index is 1.28. The zero-order valence-corrected chi connectivity index (χ0v) is 19.0. The van der Waals surface area contributed by atoms with Crippen LogP contribution in [0.2, 0.25) is 0 Å². The number of aryl methyl sites for hydroxylation is 1. The molecule has 0 saturated carbocycles. The normalized spacial score (nSPS) is 10.8. The van der Waals surface area contributed by atoms with Crippen LogP contribution in [0.5, 0.6) is 5.75 Å². The van der Waals surface area contributed by atoms with Gasteiger partial charge in [-0.05, 0) is 76.2 Å². The molecule has 2 heterocycles. The summed E-state index contributed by atoms with van der Waals surface area (Å²) in [5, 5.41) is 4.28. The first-order chi connectivity index (χ1) is 15.7. The van der Waals surface area contributed by atoms with Crippen LogP contribution in [0.25, 0.3) is 11.1 Å². The number of aromatic nitrogens is 1. The van der Waals surface area contributed by atoms with E-state index in [1.807, 2.05) is 30.5 Å². The number of nitrogens with zero attached hydrogens (tertiary/aromatic N) is 1. The van der Waals surface area contributed by atoms with Crippen LogP contribution < -0.4 is 4.74 Å². The molecule has 4 aromatic rings. The van der Waals surface area contributed by atoms with Crippen LogP contribution in [0.1, 0.15) is 29.7 Å². The lowest BCUT2D eigenvalue weighted by Crippen LogP contribution is -2.08. The summed E-state index contributed by atoms with van der Waals surface area (Å²) in [5.41, 5.74) is 6.17. The molecule has 2 aromatic heterocycles. The molecule has 0 atom stereocenters. The Kier molecular flexibility index (Phi) is 7.41. The lowest BCUT2D eigenvalue weighted by atomic mass is 10.0. The summed E-state index contributed by atoms with van der Waals surface area (Å²) in [5.74, 6) is 0.678. The van der Waals surface area contributed by atoms with Gasteiger partial charge < -0.3 is 14.0 Å². The SMILES string of the molecule is COC(=O)CCCn1cccc1COc1ccc(Cc2ccc(-c3ccsc3)cc2)cc1.